The third kappa shape index (κ3) is 5.41. The average Bonchev–Trinajstić information content (AvgIpc) is 3.21. The molecule has 1 amide bonds. The van der Waals surface area contributed by atoms with E-state index in [1.54, 1.807) is 37.6 Å². The molecular formula is C23H22BrNO6S. The number of hydrogen-bond acceptors (Lipinski definition) is 7. The van der Waals surface area contributed by atoms with Crippen molar-refractivity contribution in [3.8, 4) is 28.4 Å². The minimum Gasteiger partial charge on any atom is -0.493 e. The molecule has 2 aromatic carbocycles. The molecule has 0 fully saturated rings. The highest BCUT2D eigenvalue weighted by atomic mass is 79.9. The van der Waals surface area contributed by atoms with E-state index in [1.807, 2.05) is 24.3 Å². The van der Waals surface area contributed by atoms with Gasteiger partial charge in [0.05, 0.1) is 25.3 Å². The first-order valence-corrected chi connectivity index (χ1v) is 11.3. The fourth-order valence-corrected chi connectivity index (χ4v) is 4.31. The van der Waals surface area contributed by atoms with E-state index < -0.39 is 11.9 Å². The van der Waals surface area contributed by atoms with E-state index in [-0.39, 0.29) is 18.8 Å². The highest BCUT2D eigenvalue weighted by Gasteiger charge is 2.23. The molecule has 0 aliphatic heterocycles. The predicted molar refractivity (Wildman–Crippen MR) is 127 cm³/mol. The van der Waals surface area contributed by atoms with Gasteiger partial charge >= 0.3 is 5.97 Å². The monoisotopic (exact) mass is 519 g/mol. The Morgan fingerprint density at radius 1 is 1.03 bits per heavy atom. The van der Waals surface area contributed by atoms with E-state index in [9.17, 15) is 9.59 Å². The van der Waals surface area contributed by atoms with Crippen LogP contribution >= 0.6 is 27.3 Å². The Morgan fingerprint density at radius 2 is 1.78 bits per heavy atom. The number of carbonyl (C=O) groups is 2. The third-order valence-corrected chi connectivity index (χ3v) is 5.96. The van der Waals surface area contributed by atoms with Crippen LogP contribution in [0, 0.1) is 0 Å². The minimum absolute atomic E-state index is 0.207. The lowest BCUT2D eigenvalue weighted by atomic mass is 10.0. The summed E-state index contributed by atoms with van der Waals surface area (Å²) in [6, 6.07) is 12.6. The van der Waals surface area contributed by atoms with Gasteiger partial charge in [-0.15, -0.1) is 11.3 Å². The molecule has 32 heavy (non-hydrogen) atoms. The van der Waals surface area contributed by atoms with E-state index >= 15 is 0 Å². The number of methoxy groups -OCH3 is 2. The Labute approximate surface area is 198 Å². The summed E-state index contributed by atoms with van der Waals surface area (Å²) < 4.78 is 22.2. The molecule has 3 aromatic rings. The topological polar surface area (TPSA) is 83.1 Å². The maximum Gasteiger partial charge on any atom is 0.341 e. The fraction of sp³-hybridized carbons (Fsp3) is 0.217. The van der Waals surface area contributed by atoms with Gasteiger partial charge in [0.25, 0.3) is 5.91 Å². The molecule has 7 nitrogen and oxygen atoms in total. The van der Waals surface area contributed by atoms with Crippen molar-refractivity contribution in [1.29, 1.82) is 0 Å². The van der Waals surface area contributed by atoms with Crippen LogP contribution in [-0.2, 0) is 9.53 Å². The summed E-state index contributed by atoms with van der Waals surface area (Å²) >= 11 is 4.61. The Morgan fingerprint density at radius 3 is 2.47 bits per heavy atom. The quantitative estimate of drug-likeness (QED) is 0.381. The Balaban J connectivity index is 1.87. The van der Waals surface area contributed by atoms with E-state index in [4.69, 9.17) is 18.9 Å². The number of nitrogens with one attached hydrogen (secondary N) is 1. The van der Waals surface area contributed by atoms with Crippen LogP contribution in [0.4, 0.5) is 5.00 Å². The number of halogens is 1. The second-order valence-electron chi connectivity index (χ2n) is 6.41. The maximum absolute atomic E-state index is 12.7. The highest BCUT2D eigenvalue weighted by molar-refractivity contribution is 9.10. The van der Waals surface area contributed by atoms with Gasteiger partial charge in [0.1, 0.15) is 16.3 Å². The van der Waals surface area contributed by atoms with Crippen molar-refractivity contribution in [1.82, 2.24) is 0 Å². The van der Waals surface area contributed by atoms with E-state index in [0.29, 0.717) is 27.8 Å². The molecule has 0 aliphatic rings. The summed E-state index contributed by atoms with van der Waals surface area (Å²) in [5.41, 5.74) is 1.63. The van der Waals surface area contributed by atoms with Crippen LogP contribution < -0.4 is 19.5 Å². The second kappa shape index (κ2) is 11.0. The smallest absolute Gasteiger partial charge is 0.341 e. The van der Waals surface area contributed by atoms with Crippen molar-refractivity contribution in [2.75, 3.05) is 32.8 Å². The molecule has 168 valence electrons. The maximum atomic E-state index is 12.7. The van der Waals surface area contributed by atoms with Crippen molar-refractivity contribution in [3.05, 3.63) is 57.9 Å². The van der Waals surface area contributed by atoms with Crippen LogP contribution in [0.2, 0.25) is 0 Å². The lowest BCUT2D eigenvalue weighted by molar-refractivity contribution is -0.118. The molecule has 1 N–H and O–H groups in total. The molecule has 0 bridgehead atoms. The number of benzene rings is 2. The SMILES string of the molecule is CCOC(=O)c1c(-c2ccc(OC)c(OC)c2)csc1NC(=O)COc1ccccc1Br. The zero-order valence-electron chi connectivity index (χ0n) is 17.8. The van der Waals surface area contributed by atoms with Crippen LogP contribution in [0.3, 0.4) is 0 Å². The van der Waals surface area contributed by atoms with Gasteiger partial charge in [-0.25, -0.2) is 4.79 Å². The molecule has 1 aromatic heterocycles. The number of thiophene rings is 1. The van der Waals surface area contributed by atoms with Crippen molar-refractivity contribution in [2.45, 2.75) is 6.92 Å². The first-order valence-electron chi connectivity index (χ1n) is 9.66. The Kier molecular flexibility index (Phi) is 8.13. The van der Waals surface area contributed by atoms with Gasteiger partial charge in [-0.05, 0) is 52.7 Å². The Bertz CT molecular complexity index is 1110. The van der Waals surface area contributed by atoms with Crippen LogP contribution in [0.1, 0.15) is 17.3 Å². The van der Waals surface area contributed by atoms with Crippen LogP contribution in [0.5, 0.6) is 17.2 Å². The summed E-state index contributed by atoms with van der Waals surface area (Å²) in [5, 5.41) is 4.94. The van der Waals surface area contributed by atoms with Crippen molar-refractivity contribution < 1.29 is 28.5 Å². The molecular weight excluding hydrogens is 498 g/mol. The second-order valence-corrected chi connectivity index (χ2v) is 8.14. The normalized spacial score (nSPS) is 10.4. The van der Waals surface area contributed by atoms with E-state index in [1.165, 1.54) is 18.4 Å². The van der Waals surface area contributed by atoms with Gasteiger partial charge in [0.15, 0.2) is 18.1 Å². The zero-order chi connectivity index (χ0) is 23.1. The molecule has 0 spiro atoms. The predicted octanol–water partition coefficient (Wildman–Crippen LogP) is 5.39. The summed E-state index contributed by atoms with van der Waals surface area (Å²) in [6.45, 7) is 1.72. The van der Waals surface area contributed by atoms with Crippen molar-refractivity contribution in [3.63, 3.8) is 0 Å². The number of carbonyl (C=O) groups excluding carboxylic acids is 2. The van der Waals surface area contributed by atoms with Crippen molar-refractivity contribution >= 4 is 44.1 Å². The van der Waals surface area contributed by atoms with Gasteiger partial charge in [0.2, 0.25) is 0 Å². The number of hydrogen-bond donors (Lipinski definition) is 1. The van der Waals surface area contributed by atoms with Crippen LogP contribution in [-0.4, -0.2) is 39.3 Å². The van der Waals surface area contributed by atoms with Crippen LogP contribution in [0.15, 0.2) is 52.3 Å². The molecule has 0 radical (unpaired) electrons. The molecule has 1 heterocycles. The number of para-hydroxylation sites is 1. The zero-order valence-corrected chi connectivity index (χ0v) is 20.2. The molecule has 0 atom stereocenters. The van der Waals surface area contributed by atoms with Gasteiger partial charge in [0, 0.05) is 10.9 Å². The minimum atomic E-state index is -0.527. The highest BCUT2D eigenvalue weighted by Crippen LogP contribution is 2.39. The van der Waals surface area contributed by atoms with Gasteiger partial charge < -0.3 is 24.3 Å². The Hall–Kier alpha value is -3.04. The summed E-state index contributed by atoms with van der Waals surface area (Å²) in [7, 11) is 3.09. The standard InChI is InChI=1S/C23H22BrNO6S/c1-4-30-23(27)21-15(14-9-10-18(28-2)19(11-14)29-3)13-32-22(21)25-20(26)12-31-17-8-6-5-7-16(17)24/h5-11,13H,4,12H2,1-3H3,(H,25,26). The van der Waals surface area contributed by atoms with Gasteiger partial charge in [-0.2, -0.15) is 0 Å². The molecule has 0 unspecified atom stereocenters. The molecule has 0 aliphatic carbocycles. The number of rotatable bonds is 9. The van der Waals surface area contributed by atoms with Gasteiger partial charge in [-0.1, -0.05) is 18.2 Å². The molecule has 3 rings (SSSR count). The van der Waals surface area contributed by atoms with Gasteiger partial charge in [-0.3, -0.25) is 4.79 Å². The number of esters is 1. The third-order valence-electron chi connectivity index (χ3n) is 4.41. The molecule has 0 saturated heterocycles. The van der Waals surface area contributed by atoms with E-state index in [2.05, 4.69) is 21.2 Å². The lowest BCUT2D eigenvalue weighted by Gasteiger charge is -2.12. The average molecular weight is 520 g/mol. The summed E-state index contributed by atoms with van der Waals surface area (Å²) in [6.07, 6.45) is 0. The summed E-state index contributed by atoms with van der Waals surface area (Å²) in [4.78, 5) is 25.3. The van der Waals surface area contributed by atoms with Crippen molar-refractivity contribution in [2.24, 2.45) is 0 Å². The largest absolute Gasteiger partial charge is 0.493 e. The van der Waals surface area contributed by atoms with Crippen LogP contribution in [0.25, 0.3) is 11.1 Å². The number of amides is 1. The summed E-state index contributed by atoms with van der Waals surface area (Å²) in [5.74, 6) is 0.721. The lowest BCUT2D eigenvalue weighted by Crippen LogP contribution is -2.21. The molecule has 0 saturated carbocycles. The molecule has 9 heteroatoms. The van der Waals surface area contributed by atoms with E-state index in [0.717, 1.165) is 10.0 Å². The first kappa shape index (κ1) is 23.6. The fourth-order valence-electron chi connectivity index (χ4n) is 2.94. The number of ether oxygens (including phenoxy) is 4. The number of anilines is 1. The first-order chi connectivity index (χ1) is 15.5.